The van der Waals surface area contributed by atoms with Crippen molar-refractivity contribution in [1.29, 1.82) is 0 Å². The Bertz CT molecular complexity index is 904. The molecule has 2 aromatic rings. The van der Waals surface area contributed by atoms with Gasteiger partial charge in [0, 0.05) is 30.2 Å². The molecule has 1 aliphatic carbocycles. The van der Waals surface area contributed by atoms with E-state index in [2.05, 4.69) is 15.3 Å². The number of pyridine rings is 1. The molecular weight excluding hydrogens is 448 g/mol. The number of amides is 1. The lowest BCUT2D eigenvalue weighted by atomic mass is 9.90. The number of carbonyl (C=O) groups is 1. The molecule has 0 aliphatic heterocycles. The van der Waals surface area contributed by atoms with Crippen molar-refractivity contribution in [2.24, 2.45) is 0 Å². The number of thiazole rings is 1. The molecule has 1 saturated carbocycles. The number of anilines is 2. The zero-order valence-corrected chi connectivity index (χ0v) is 17.0. The number of halogens is 6. The van der Waals surface area contributed by atoms with E-state index in [1.54, 1.807) is 0 Å². The molecule has 2 aromatic heterocycles. The van der Waals surface area contributed by atoms with Crippen LogP contribution in [0.4, 0.5) is 37.2 Å². The SMILES string of the molecule is CN(c1cc(C(F)(F)F)nc(C(F)(F)F)c1)[C@H]1CC[C@@H](NC(=O)c2csc(N)n2)CC1. The lowest BCUT2D eigenvalue weighted by molar-refractivity contribution is -0.150. The maximum absolute atomic E-state index is 13.1. The monoisotopic (exact) mass is 467 g/mol. The molecule has 0 bridgehead atoms. The molecule has 0 spiro atoms. The van der Waals surface area contributed by atoms with Crippen molar-refractivity contribution in [1.82, 2.24) is 15.3 Å². The zero-order chi connectivity index (χ0) is 23.0. The first-order valence-electron chi connectivity index (χ1n) is 9.26. The molecule has 2 heterocycles. The first-order valence-corrected chi connectivity index (χ1v) is 10.1. The smallest absolute Gasteiger partial charge is 0.375 e. The van der Waals surface area contributed by atoms with Crippen molar-refractivity contribution in [3.63, 3.8) is 0 Å². The molecule has 3 rings (SSSR count). The number of nitrogens with zero attached hydrogens (tertiary/aromatic N) is 3. The number of alkyl halides is 6. The molecule has 0 aromatic carbocycles. The maximum Gasteiger partial charge on any atom is 0.433 e. The van der Waals surface area contributed by atoms with Gasteiger partial charge in [0.25, 0.3) is 5.91 Å². The van der Waals surface area contributed by atoms with Crippen LogP contribution in [-0.4, -0.2) is 35.0 Å². The highest BCUT2D eigenvalue weighted by Crippen LogP contribution is 2.37. The van der Waals surface area contributed by atoms with Crippen molar-refractivity contribution in [3.05, 3.63) is 34.6 Å². The summed E-state index contributed by atoms with van der Waals surface area (Å²) in [4.78, 5) is 20.2. The summed E-state index contributed by atoms with van der Waals surface area (Å²) < 4.78 is 78.3. The van der Waals surface area contributed by atoms with E-state index in [1.165, 1.54) is 17.3 Å². The highest BCUT2D eigenvalue weighted by Gasteiger charge is 2.39. The van der Waals surface area contributed by atoms with E-state index in [4.69, 9.17) is 5.73 Å². The van der Waals surface area contributed by atoms with E-state index in [9.17, 15) is 31.1 Å². The van der Waals surface area contributed by atoms with E-state index in [0.717, 1.165) is 11.3 Å². The fourth-order valence-corrected chi connectivity index (χ4v) is 4.02. The van der Waals surface area contributed by atoms with Gasteiger partial charge in [0.05, 0.1) is 0 Å². The van der Waals surface area contributed by atoms with Gasteiger partial charge in [0.15, 0.2) is 5.13 Å². The van der Waals surface area contributed by atoms with Crippen LogP contribution in [0.5, 0.6) is 0 Å². The number of carbonyl (C=O) groups excluding carboxylic acids is 1. The first-order chi connectivity index (χ1) is 14.3. The molecule has 1 amide bonds. The Kier molecular flexibility index (Phi) is 6.35. The molecule has 0 atom stereocenters. The number of hydrogen-bond donors (Lipinski definition) is 2. The largest absolute Gasteiger partial charge is 0.433 e. The lowest BCUT2D eigenvalue weighted by Gasteiger charge is -2.36. The van der Waals surface area contributed by atoms with Crippen LogP contribution < -0.4 is 16.0 Å². The quantitative estimate of drug-likeness (QED) is 0.654. The molecular formula is C18H19F6N5OS. The van der Waals surface area contributed by atoms with E-state index >= 15 is 0 Å². The molecule has 1 aliphatic rings. The van der Waals surface area contributed by atoms with Gasteiger partial charge in [-0.2, -0.15) is 26.3 Å². The van der Waals surface area contributed by atoms with Gasteiger partial charge in [-0.1, -0.05) is 0 Å². The molecule has 0 radical (unpaired) electrons. The second-order valence-electron chi connectivity index (χ2n) is 7.25. The van der Waals surface area contributed by atoms with Gasteiger partial charge in [0.2, 0.25) is 0 Å². The van der Waals surface area contributed by atoms with E-state index < -0.39 is 23.7 Å². The van der Waals surface area contributed by atoms with Crippen LogP contribution in [0.15, 0.2) is 17.5 Å². The van der Waals surface area contributed by atoms with Crippen LogP contribution >= 0.6 is 11.3 Å². The van der Waals surface area contributed by atoms with Gasteiger partial charge in [-0.15, -0.1) is 11.3 Å². The van der Waals surface area contributed by atoms with Crippen molar-refractivity contribution < 1.29 is 31.1 Å². The summed E-state index contributed by atoms with van der Waals surface area (Å²) in [5, 5.41) is 4.63. The minimum Gasteiger partial charge on any atom is -0.375 e. The van der Waals surface area contributed by atoms with Crippen LogP contribution in [0.25, 0.3) is 0 Å². The summed E-state index contributed by atoms with van der Waals surface area (Å²) in [6, 6.07) is 0.785. The van der Waals surface area contributed by atoms with Gasteiger partial charge in [-0.25, -0.2) is 9.97 Å². The molecule has 1 fully saturated rings. The Morgan fingerprint density at radius 3 is 2.06 bits per heavy atom. The van der Waals surface area contributed by atoms with Crippen LogP contribution in [-0.2, 0) is 12.4 Å². The van der Waals surface area contributed by atoms with E-state index in [-0.39, 0.29) is 34.5 Å². The second kappa shape index (κ2) is 8.52. The van der Waals surface area contributed by atoms with Crippen LogP contribution in [0.3, 0.4) is 0 Å². The predicted molar refractivity (Wildman–Crippen MR) is 103 cm³/mol. The van der Waals surface area contributed by atoms with Gasteiger partial charge in [-0.05, 0) is 37.8 Å². The maximum atomic E-state index is 13.1. The summed E-state index contributed by atoms with van der Waals surface area (Å²) in [5.41, 5.74) is 2.33. The average molecular weight is 467 g/mol. The minimum absolute atomic E-state index is 0.172. The van der Waals surface area contributed by atoms with Crippen molar-refractivity contribution in [2.75, 3.05) is 17.7 Å². The summed E-state index contributed by atoms with van der Waals surface area (Å²) in [5.74, 6) is -0.372. The number of aromatic nitrogens is 2. The standard InChI is InChI=1S/C18H19F6N5OS/c1-29(11-6-13(17(19,20)21)28-14(7-11)18(22,23)24)10-4-2-9(3-5-10)26-15(30)12-8-31-16(25)27-12/h6-10H,2-5H2,1H3,(H2,25,27)(H,26,30)/t9-,10+. The Labute approximate surface area is 177 Å². The van der Waals surface area contributed by atoms with E-state index in [1.807, 2.05) is 0 Å². The second-order valence-corrected chi connectivity index (χ2v) is 8.14. The fraction of sp³-hybridized carbons (Fsp3) is 0.500. The number of nitrogens with two attached hydrogens (primary N) is 1. The number of nitrogen functional groups attached to an aromatic ring is 1. The highest BCUT2D eigenvalue weighted by molar-refractivity contribution is 7.13. The molecule has 170 valence electrons. The third-order valence-electron chi connectivity index (χ3n) is 5.13. The molecule has 13 heteroatoms. The van der Waals surface area contributed by atoms with Crippen LogP contribution in [0.2, 0.25) is 0 Å². The van der Waals surface area contributed by atoms with Crippen LogP contribution in [0, 0.1) is 0 Å². The molecule has 6 nitrogen and oxygen atoms in total. The summed E-state index contributed by atoms with van der Waals surface area (Å²) >= 11 is 1.14. The van der Waals surface area contributed by atoms with Crippen molar-refractivity contribution >= 4 is 28.1 Å². The average Bonchev–Trinajstić information content (AvgIpc) is 3.13. The van der Waals surface area contributed by atoms with Gasteiger partial charge in [0.1, 0.15) is 17.1 Å². The van der Waals surface area contributed by atoms with E-state index in [0.29, 0.717) is 37.8 Å². The Hall–Kier alpha value is -2.57. The predicted octanol–water partition coefficient (Wildman–Crippen LogP) is 4.34. The third kappa shape index (κ3) is 5.57. The Morgan fingerprint density at radius 1 is 1.06 bits per heavy atom. The molecule has 0 unspecified atom stereocenters. The molecule has 31 heavy (non-hydrogen) atoms. The minimum atomic E-state index is -5.00. The van der Waals surface area contributed by atoms with Crippen LogP contribution in [0.1, 0.15) is 47.6 Å². The van der Waals surface area contributed by atoms with Gasteiger partial charge >= 0.3 is 12.4 Å². The number of rotatable bonds is 4. The van der Waals surface area contributed by atoms with Gasteiger partial charge in [-0.3, -0.25) is 4.79 Å². The number of hydrogen-bond acceptors (Lipinski definition) is 6. The summed E-state index contributed by atoms with van der Waals surface area (Å²) in [7, 11) is 1.46. The van der Waals surface area contributed by atoms with Crippen molar-refractivity contribution in [3.8, 4) is 0 Å². The first kappa shape index (κ1) is 23.1. The highest BCUT2D eigenvalue weighted by atomic mass is 32.1. The Morgan fingerprint density at radius 2 is 1.61 bits per heavy atom. The summed E-state index contributed by atoms with van der Waals surface area (Å²) in [6.07, 6.45) is -8.01. The molecule has 3 N–H and O–H groups in total. The zero-order valence-electron chi connectivity index (χ0n) is 16.2. The Balaban J connectivity index is 1.68. The molecule has 0 saturated heterocycles. The lowest BCUT2D eigenvalue weighted by Crippen LogP contribution is -2.43. The van der Waals surface area contributed by atoms with Crippen molar-refractivity contribution in [2.45, 2.75) is 50.1 Å². The van der Waals surface area contributed by atoms with Gasteiger partial charge < -0.3 is 16.0 Å². The normalized spacial score (nSPS) is 19.8. The topological polar surface area (TPSA) is 84.1 Å². The third-order valence-corrected chi connectivity index (χ3v) is 5.81. The summed E-state index contributed by atoms with van der Waals surface area (Å²) in [6.45, 7) is 0. The fourth-order valence-electron chi connectivity index (χ4n) is 3.48. The number of nitrogens with one attached hydrogen (secondary N) is 1.